The van der Waals surface area contributed by atoms with E-state index in [4.69, 9.17) is 10.00 Å². The van der Waals surface area contributed by atoms with Gasteiger partial charge in [-0.15, -0.1) is 0 Å². The number of nitriles is 1. The smallest absolute Gasteiger partial charge is 0.251 e. The van der Waals surface area contributed by atoms with Crippen molar-refractivity contribution < 1.29 is 14.3 Å². The van der Waals surface area contributed by atoms with Crippen molar-refractivity contribution in [2.45, 2.75) is 25.3 Å². The third-order valence-electron chi connectivity index (χ3n) is 3.75. The minimum atomic E-state index is -0.139. The lowest BCUT2D eigenvalue weighted by Crippen LogP contribution is -2.46. The number of carbonyl (C=O) groups is 2. The molecule has 116 valence electrons. The van der Waals surface area contributed by atoms with Gasteiger partial charge in [-0.2, -0.15) is 5.26 Å². The molecule has 1 saturated heterocycles. The summed E-state index contributed by atoms with van der Waals surface area (Å²) in [7, 11) is 1.56. The van der Waals surface area contributed by atoms with Crippen molar-refractivity contribution in [3.05, 3.63) is 29.8 Å². The van der Waals surface area contributed by atoms with Crippen LogP contribution in [-0.2, 0) is 4.79 Å². The predicted molar refractivity (Wildman–Crippen MR) is 80.3 cm³/mol. The molecule has 1 aliphatic rings. The summed E-state index contributed by atoms with van der Waals surface area (Å²) in [6, 6.07) is 8.91. The first kappa shape index (κ1) is 15.8. The SMILES string of the molecule is COc1cccc(C(=O)NC2CCN(C(=O)CC#N)CC2)c1. The van der Waals surface area contributed by atoms with Crippen LogP contribution < -0.4 is 10.1 Å². The summed E-state index contributed by atoms with van der Waals surface area (Å²) in [5, 5.41) is 11.5. The second kappa shape index (κ2) is 7.46. The van der Waals surface area contributed by atoms with Crippen LogP contribution in [0, 0.1) is 11.3 Å². The summed E-state index contributed by atoms with van der Waals surface area (Å²) in [5.74, 6) is 0.366. The molecule has 1 N–H and O–H groups in total. The molecule has 0 radical (unpaired) electrons. The second-order valence-electron chi connectivity index (χ2n) is 5.20. The first-order valence-electron chi connectivity index (χ1n) is 7.23. The van der Waals surface area contributed by atoms with Crippen LogP contribution >= 0.6 is 0 Å². The third-order valence-corrected chi connectivity index (χ3v) is 3.75. The van der Waals surface area contributed by atoms with Crippen LogP contribution in [0.4, 0.5) is 0 Å². The van der Waals surface area contributed by atoms with Crippen LogP contribution in [0.25, 0.3) is 0 Å². The maximum absolute atomic E-state index is 12.2. The van der Waals surface area contributed by atoms with E-state index in [0.717, 1.165) is 0 Å². The molecule has 0 atom stereocenters. The van der Waals surface area contributed by atoms with Gasteiger partial charge in [-0.1, -0.05) is 6.07 Å². The predicted octanol–water partition coefficient (Wildman–Crippen LogP) is 1.33. The van der Waals surface area contributed by atoms with Crippen molar-refractivity contribution in [3.8, 4) is 11.8 Å². The second-order valence-corrected chi connectivity index (χ2v) is 5.20. The Bertz CT molecular complexity index is 587. The van der Waals surface area contributed by atoms with E-state index < -0.39 is 0 Å². The molecule has 0 bridgehead atoms. The highest BCUT2D eigenvalue weighted by molar-refractivity contribution is 5.94. The molecule has 0 spiro atoms. The Morgan fingerprint density at radius 2 is 2.14 bits per heavy atom. The molecule has 1 heterocycles. The minimum absolute atomic E-state index is 0.0461. The number of ether oxygens (including phenoxy) is 1. The Morgan fingerprint density at radius 1 is 1.41 bits per heavy atom. The summed E-state index contributed by atoms with van der Waals surface area (Å²) >= 11 is 0. The summed E-state index contributed by atoms with van der Waals surface area (Å²) in [6.45, 7) is 1.15. The number of benzene rings is 1. The molecule has 1 aromatic rings. The van der Waals surface area contributed by atoms with E-state index in [1.807, 2.05) is 6.07 Å². The average Bonchev–Trinajstić information content (AvgIpc) is 2.55. The first-order chi connectivity index (χ1) is 10.6. The molecule has 6 nitrogen and oxygen atoms in total. The Morgan fingerprint density at radius 3 is 2.77 bits per heavy atom. The summed E-state index contributed by atoms with van der Waals surface area (Å²) in [6.07, 6.45) is 1.32. The number of carbonyl (C=O) groups excluding carboxylic acids is 2. The Labute approximate surface area is 129 Å². The van der Waals surface area contributed by atoms with Crippen molar-refractivity contribution >= 4 is 11.8 Å². The van der Waals surface area contributed by atoms with Crippen LogP contribution in [0.1, 0.15) is 29.6 Å². The van der Waals surface area contributed by atoms with Gasteiger partial charge in [-0.25, -0.2) is 0 Å². The number of nitrogens with one attached hydrogen (secondary N) is 1. The fourth-order valence-corrected chi connectivity index (χ4v) is 2.49. The Balaban J connectivity index is 1.86. The molecule has 2 amide bonds. The van der Waals surface area contributed by atoms with Crippen LogP contribution in [0.3, 0.4) is 0 Å². The van der Waals surface area contributed by atoms with Gasteiger partial charge in [-0.3, -0.25) is 9.59 Å². The summed E-state index contributed by atoms with van der Waals surface area (Å²) in [4.78, 5) is 25.5. The van der Waals surface area contributed by atoms with E-state index in [1.54, 1.807) is 36.3 Å². The van der Waals surface area contributed by atoms with Gasteiger partial charge in [0, 0.05) is 24.7 Å². The number of likely N-dealkylation sites (tertiary alicyclic amines) is 1. The topological polar surface area (TPSA) is 82.4 Å². The summed E-state index contributed by atoms with van der Waals surface area (Å²) < 4.78 is 5.11. The highest BCUT2D eigenvalue weighted by Crippen LogP contribution is 2.15. The Kier molecular flexibility index (Phi) is 5.37. The van der Waals surface area contributed by atoms with E-state index >= 15 is 0 Å². The van der Waals surface area contributed by atoms with Crippen LogP contribution in [0.2, 0.25) is 0 Å². The molecule has 1 aliphatic heterocycles. The highest BCUT2D eigenvalue weighted by atomic mass is 16.5. The van der Waals surface area contributed by atoms with E-state index in [0.29, 0.717) is 37.2 Å². The number of methoxy groups -OCH3 is 1. The van der Waals surface area contributed by atoms with Gasteiger partial charge in [0.1, 0.15) is 12.2 Å². The molecular formula is C16H19N3O3. The van der Waals surface area contributed by atoms with Crippen molar-refractivity contribution in [1.29, 1.82) is 5.26 Å². The maximum atomic E-state index is 12.2. The molecule has 0 saturated carbocycles. The maximum Gasteiger partial charge on any atom is 0.251 e. The zero-order valence-electron chi connectivity index (χ0n) is 12.5. The number of rotatable bonds is 4. The van der Waals surface area contributed by atoms with Gasteiger partial charge in [0.2, 0.25) is 5.91 Å². The van der Waals surface area contributed by atoms with Crippen LogP contribution in [0.5, 0.6) is 5.75 Å². The molecule has 2 rings (SSSR count). The van der Waals surface area contributed by atoms with Gasteiger partial charge in [0.05, 0.1) is 13.2 Å². The highest BCUT2D eigenvalue weighted by Gasteiger charge is 2.23. The number of hydrogen-bond acceptors (Lipinski definition) is 4. The molecular weight excluding hydrogens is 282 g/mol. The molecule has 6 heteroatoms. The minimum Gasteiger partial charge on any atom is -0.497 e. The van der Waals surface area contributed by atoms with Crippen molar-refractivity contribution in [2.24, 2.45) is 0 Å². The normalized spacial score (nSPS) is 15.0. The molecule has 22 heavy (non-hydrogen) atoms. The molecule has 0 aromatic heterocycles. The average molecular weight is 301 g/mol. The zero-order chi connectivity index (χ0) is 15.9. The van der Waals surface area contributed by atoms with Gasteiger partial charge in [-0.05, 0) is 31.0 Å². The van der Waals surface area contributed by atoms with Crippen molar-refractivity contribution in [1.82, 2.24) is 10.2 Å². The van der Waals surface area contributed by atoms with Crippen molar-refractivity contribution in [2.75, 3.05) is 20.2 Å². The fourth-order valence-electron chi connectivity index (χ4n) is 2.49. The number of amides is 2. The number of piperidine rings is 1. The third kappa shape index (κ3) is 3.98. The lowest BCUT2D eigenvalue weighted by atomic mass is 10.0. The molecule has 1 aromatic carbocycles. The van der Waals surface area contributed by atoms with Gasteiger partial charge >= 0.3 is 0 Å². The van der Waals surface area contributed by atoms with E-state index in [-0.39, 0.29) is 24.3 Å². The lowest BCUT2D eigenvalue weighted by Gasteiger charge is -2.32. The van der Waals surface area contributed by atoms with Crippen LogP contribution in [0.15, 0.2) is 24.3 Å². The van der Waals surface area contributed by atoms with Gasteiger partial charge < -0.3 is 15.0 Å². The zero-order valence-corrected chi connectivity index (χ0v) is 12.5. The van der Waals surface area contributed by atoms with Crippen LogP contribution in [-0.4, -0.2) is 43.0 Å². The fraction of sp³-hybridized carbons (Fsp3) is 0.438. The van der Waals surface area contributed by atoms with Crippen molar-refractivity contribution in [3.63, 3.8) is 0 Å². The van der Waals surface area contributed by atoms with E-state index in [2.05, 4.69) is 5.32 Å². The monoisotopic (exact) mass is 301 g/mol. The number of nitrogens with zero attached hydrogens (tertiary/aromatic N) is 2. The first-order valence-corrected chi connectivity index (χ1v) is 7.23. The number of hydrogen-bond donors (Lipinski definition) is 1. The van der Waals surface area contributed by atoms with E-state index in [1.165, 1.54) is 0 Å². The Hall–Kier alpha value is -2.55. The largest absolute Gasteiger partial charge is 0.497 e. The standard InChI is InChI=1S/C16H19N3O3/c1-22-14-4-2-3-12(11-14)16(21)18-13-6-9-19(10-7-13)15(20)5-8-17/h2-4,11,13H,5-7,9-10H2,1H3,(H,18,21). The lowest BCUT2D eigenvalue weighted by molar-refractivity contribution is -0.131. The molecule has 0 aliphatic carbocycles. The molecule has 0 unspecified atom stereocenters. The summed E-state index contributed by atoms with van der Waals surface area (Å²) in [5.41, 5.74) is 0.558. The van der Waals surface area contributed by atoms with Gasteiger partial charge in [0.25, 0.3) is 5.91 Å². The van der Waals surface area contributed by atoms with Gasteiger partial charge in [0.15, 0.2) is 0 Å². The molecule has 1 fully saturated rings. The quantitative estimate of drug-likeness (QED) is 0.909. The van der Waals surface area contributed by atoms with E-state index in [9.17, 15) is 9.59 Å².